The van der Waals surface area contributed by atoms with E-state index in [0.717, 1.165) is 24.1 Å². The average molecular weight is 343 g/mol. The molecule has 132 valence electrons. The number of rotatable bonds is 5. The van der Waals surface area contributed by atoms with Gasteiger partial charge in [0.1, 0.15) is 0 Å². The van der Waals surface area contributed by atoms with Crippen LogP contribution in [0.2, 0.25) is 0 Å². The van der Waals surface area contributed by atoms with Crippen molar-refractivity contribution in [3.63, 3.8) is 0 Å². The van der Waals surface area contributed by atoms with Gasteiger partial charge in [-0.05, 0) is 25.3 Å². The standard InChI is InChI=1S/C17H21N5O3/c1-12(13-5-3-6-14(9-13)22(24)25)19-16-7-4-8-21(17(16)23)15-10-18-20(2)11-15/h3,5-6,9-12,16,19H,4,7-8H2,1-2H3/t12-,16+/m1/s1. The number of carbonyl (C=O) groups excluding carboxylic acids is 1. The summed E-state index contributed by atoms with van der Waals surface area (Å²) in [5.41, 5.74) is 1.64. The lowest BCUT2D eigenvalue weighted by atomic mass is 10.0. The predicted octanol–water partition coefficient (Wildman–Crippen LogP) is 2.17. The van der Waals surface area contributed by atoms with E-state index >= 15 is 0 Å². The zero-order chi connectivity index (χ0) is 18.0. The smallest absolute Gasteiger partial charge is 0.269 e. The molecule has 0 aliphatic carbocycles. The molecule has 2 atom stereocenters. The highest BCUT2D eigenvalue weighted by Gasteiger charge is 2.31. The zero-order valence-corrected chi connectivity index (χ0v) is 14.3. The lowest BCUT2D eigenvalue weighted by Gasteiger charge is -2.33. The summed E-state index contributed by atoms with van der Waals surface area (Å²) in [6.07, 6.45) is 5.14. The first kappa shape index (κ1) is 17.1. The maximum absolute atomic E-state index is 12.8. The Hall–Kier alpha value is -2.74. The first-order valence-electron chi connectivity index (χ1n) is 8.26. The average Bonchev–Trinajstić information content (AvgIpc) is 3.03. The SMILES string of the molecule is C[C@@H](N[C@H]1CCCN(c2cnn(C)c2)C1=O)c1cccc([N+](=O)[O-])c1. The van der Waals surface area contributed by atoms with Crippen molar-refractivity contribution in [3.8, 4) is 0 Å². The second-order valence-corrected chi connectivity index (χ2v) is 6.30. The molecule has 2 aromatic rings. The van der Waals surface area contributed by atoms with Gasteiger partial charge in [-0.15, -0.1) is 0 Å². The quantitative estimate of drug-likeness (QED) is 0.663. The van der Waals surface area contributed by atoms with E-state index in [1.807, 2.05) is 26.2 Å². The second kappa shape index (κ2) is 7.02. The van der Waals surface area contributed by atoms with Gasteiger partial charge >= 0.3 is 0 Å². The van der Waals surface area contributed by atoms with Crippen LogP contribution in [0.4, 0.5) is 11.4 Å². The number of aromatic nitrogens is 2. The minimum atomic E-state index is -0.411. The van der Waals surface area contributed by atoms with Gasteiger partial charge in [0.25, 0.3) is 5.69 Å². The van der Waals surface area contributed by atoms with Crippen molar-refractivity contribution in [2.75, 3.05) is 11.4 Å². The molecule has 0 bridgehead atoms. The molecule has 0 saturated carbocycles. The minimum Gasteiger partial charge on any atom is -0.308 e. The van der Waals surface area contributed by atoms with Crippen LogP contribution in [-0.4, -0.2) is 33.2 Å². The molecule has 1 fully saturated rings. The summed E-state index contributed by atoms with van der Waals surface area (Å²) >= 11 is 0. The third-order valence-corrected chi connectivity index (χ3v) is 4.47. The fraction of sp³-hybridized carbons (Fsp3) is 0.412. The summed E-state index contributed by atoms with van der Waals surface area (Å²) in [6.45, 7) is 2.59. The van der Waals surface area contributed by atoms with Gasteiger partial charge < -0.3 is 4.90 Å². The van der Waals surface area contributed by atoms with Crippen molar-refractivity contribution >= 4 is 17.3 Å². The van der Waals surface area contributed by atoms with Gasteiger partial charge in [0.2, 0.25) is 5.91 Å². The van der Waals surface area contributed by atoms with E-state index < -0.39 is 4.92 Å². The van der Waals surface area contributed by atoms with Gasteiger partial charge in [-0.2, -0.15) is 5.10 Å². The van der Waals surface area contributed by atoms with Crippen LogP contribution in [0.3, 0.4) is 0 Å². The van der Waals surface area contributed by atoms with E-state index in [1.165, 1.54) is 6.07 Å². The molecule has 0 radical (unpaired) electrons. The summed E-state index contributed by atoms with van der Waals surface area (Å²) in [5, 5.41) is 18.4. The number of nitro benzene ring substituents is 1. The molecule has 0 unspecified atom stereocenters. The molecule has 8 heteroatoms. The maximum atomic E-state index is 12.8. The molecule has 2 heterocycles. The largest absolute Gasteiger partial charge is 0.308 e. The maximum Gasteiger partial charge on any atom is 0.269 e. The topological polar surface area (TPSA) is 93.3 Å². The van der Waals surface area contributed by atoms with Crippen LogP contribution in [0.15, 0.2) is 36.7 Å². The molecule has 1 aromatic carbocycles. The number of benzene rings is 1. The number of hydrogen-bond donors (Lipinski definition) is 1. The summed E-state index contributed by atoms with van der Waals surface area (Å²) in [6, 6.07) is 6.02. The van der Waals surface area contributed by atoms with E-state index in [1.54, 1.807) is 27.9 Å². The Morgan fingerprint density at radius 2 is 2.24 bits per heavy atom. The Balaban J connectivity index is 1.72. The van der Waals surface area contributed by atoms with Crippen LogP contribution in [0.5, 0.6) is 0 Å². The first-order valence-corrected chi connectivity index (χ1v) is 8.26. The van der Waals surface area contributed by atoms with Crippen molar-refractivity contribution in [2.45, 2.75) is 31.8 Å². The number of anilines is 1. The van der Waals surface area contributed by atoms with Crippen molar-refractivity contribution in [3.05, 3.63) is 52.3 Å². The van der Waals surface area contributed by atoms with E-state index in [0.29, 0.717) is 6.54 Å². The number of nitro groups is 1. The molecule has 3 rings (SSSR count). The highest BCUT2D eigenvalue weighted by Crippen LogP contribution is 2.24. The molecule has 0 spiro atoms. The molecule has 1 N–H and O–H groups in total. The third-order valence-electron chi connectivity index (χ3n) is 4.47. The second-order valence-electron chi connectivity index (χ2n) is 6.30. The number of non-ortho nitro benzene ring substituents is 1. The van der Waals surface area contributed by atoms with Crippen LogP contribution in [0.25, 0.3) is 0 Å². The third kappa shape index (κ3) is 3.69. The highest BCUT2D eigenvalue weighted by atomic mass is 16.6. The fourth-order valence-corrected chi connectivity index (χ4v) is 3.14. The van der Waals surface area contributed by atoms with Crippen molar-refractivity contribution < 1.29 is 9.72 Å². The Bertz CT molecular complexity index is 788. The van der Waals surface area contributed by atoms with Crippen LogP contribution in [-0.2, 0) is 11.8 Å². The zero-order valence-electron chi connectivity index (χ0n) is 14.3. The van der Waals surface area contributed by atoms with Gasteiger partial charge in [0.15, 0.2) is 0 Å². The van der Waals surface area contributed by atoms with E-state index in [-0.39, 0.29) is 23.7 Å². The van der Waals surface area contributed by atoms with E-state index in [9.17, 15) is 14.9 Å². The summed E-state index contributed by atoms with van der Waals surface area (Å²) in [7, 11) is 1.82. The number of nitrogens with one attached hydrogen (secondary N) is 1. The van der Waals surface area contributed by atoms with Crippen LogP contribution in [0, 0.1) is 10.1 Å². The van der Waals surface area contributed by atoms with Crippen LogP contribution < -0.4 is 10.2 Å². The van der Waals surface area contributed by atoms with Gasteiger partial charge in [-0.1, -0.05) is 12.1 Å². The molecule has 1 aliphatic heterocycles. The molecule has 8 nitrogen and oxygen atoms in total. The number of carbonyl (C=O) groups is 1. The van der Waals surface area contributed by atoms with Crippen molar-refractivity contribution in [1.82, 2.24) is 15.1 Å². The van der Waals surface area contributed by atoms with Crippen molar-refractivity contribution in [2.24, 2.45) is 7.05 Å². The number of aryl methyl sites for hydroxylation is 1. The summed E-state index contributed by atoms with van der Waals surface area (Å²) in [5.74, 6) is 0.0107. The number of nitrogens with zero attached hydrogens (tertiary/aromatic N) is 4. The minimum absolute atomic E-state index is 0.0107. The Labute approximate surface area is 145 Å². The molecular formula is C17H21N5O3. The van der Waals surface area contributed by atoms with Crippen molar-refractivity contribution in [1.29, 1.82) is 0 Å². The lowest BCUT2D eigenvalue weighted by Crippen LogP contribution is -2.51. The Morgan fingerprint density at radius 1 is 1.44 bits per heavy atom. The number of hydrogen-bond acceptors (Lipinski definition) is 5. The Kier molecular flexibility index (Phi) is 4.80. The van der Waals surface area contributed by atoms with Gasteiger partial charge in [-0.3, -0.25) is 24.9 Å². The molecular weight excluding hydrogens is 322 g/mol. The predicted molar refractivity (Wildman–Crippen MR) is 93.2 cm³/mol. The van der Waals surface area contributed by atoms with E-state index in [2.05, 4.69) is 10.4 Å². The molecule has 25 heavy (non-hydrogen) atoms. The molecule has 1 saturated heterocycles. The van der Waals surface area contributed by atoms with Gasteiger partial charge in [0.05, 0.1) is 22.8 Å². The normalized spacial score (nSPS) is 19.0. The van der Waals surface area contributed by atoms with Crippen LogP contribution >= 0.6 is 0 Å². The fourth-order valence-electron chi connectivity index (χ4n) is 3.14. The van der Waals surface area contributed by atoms with E-state index in [4.69, 9.17) is 0 Å². The summed E-state index contributed by atoms with van der Waals surface area (Å²) < 4.78 is 1.67. The Morgan fingerprint density at radius 3 is 2.92 bits per heavy atom. The number of amides is 1. The molecule has 1 amide bonds. The van der Waals surface area contributed by atoms with Gasteiger partial charge in [-0.25, -0.2) is 0 Å². The lowest BCUT2D eigenvalue weighted by molar-refractivity contribution is -0.384. The molecule has 1 aliphatic rings. The number of piperidine rings is 1. The first-order chi connectivity index (χ1) is 12.0. The summed E-state index contributed by atoms with van der Waals surface area (Å²) in [4.78, 5) is 25.1. The van der Waals surface area contributed by atoms with Crippen LogP contribution in [0.1, 0.15) is 31.4 Å². The van der Waals surface area contributed by atoms with Gasteiger partial charge in [0, 0.05) is 38.0 Å². The monoisotopic (exact) mass is 343 g/mol. The highest BCUT2D eigenvalue weighted by molar-refractivity contribution is 5.97. The molecule has 1 aromatic heterocycles.